The average molecular weight is 416 g/mol. The second-order valence-corrected chi connectivity index (χ2v) is 8.07. The topological polar surface area (TPSA) is 71.5 Å². The van der Waals surface area contributed by atoms with E-state index in [2.05, 4.69) is 10.3 Å². The van der Waals surface area contributed by atoms with E-state index < -0.39 is 5.92 Å². The molecule has 3 aromatic rings. The van der Waals surface area contributed by atoms with Crippen LogP contribution in [-0.2, 0) is 16.1 Å². The second-order valence-electron chi connectivity index (χ2n) is 6.51. The number of nitrogens with zero attached hydrogens (tertiary/aromatic N) is 2. The Morgan fingerprint density at radius 3 is 2.96 bits per heavy atom. The zero-order chi connectivity index (χ0) is 19.7. The highest BCUT2D eigenvalue weighted by Crippen LogP contribution is 2.35. The van der Waals surface area contributed by atoms with Gasteiger partial charge in [-0.05, 0) is 30.3 Å². The number of aromatic nitrogens is 1. The number of ether oxygens (including phenoxy) is 1. The van der Waals surface area contributed by atoms with Crippen molar-refractivity contribution in [1.29, 1.82) is 0 Å². The van der Waals surface area contributed by atoms with Gasteiger partial charge >= 0.3 is 0 Å². The first kappa shape index (κ1) is 18.7. The Kier molecular flexibility index (Phi) is 5.19. The van der Waals surface area contributed by atoms with E-state index in [-0.39, 0.29) is 18.2 Å². The number of rotatable bonds is 5. The van der Waals surface area contributed by atoms with Crippen molar-refractivity contribution in [3.8, 4) is 5.75 Å². The zero-order valence-corrected chi connectivity index (χ0v) is 16.7. The first-order valence-electron chi connectivity index (χ1n) is 8.81. The minimum atomic E-state index is -0.425. The molecule has 0 radical (unpaired) electrons. The molecule has 1 aliphatic rings. The number of fused-ring (bicyclic) bond motifs is 1. The Hall–Kier alpha value is -2.64. The molecule has 144 valence electrons. The van der Waals surface area contributed by atoms with Gasteiger partial charge in [0.05, 0.1) is 35.5 Å². The molecule has 1 atom stereocenters. The fourth-order valence-electron chi connectivity index (χ4n) is 3.29. The Bertz CT molecular complexity index is 1020. The van der Waals surface area contributed by atoms with Crippen molar-refractivity contribution >= 4 is 50.7 Å². The summed E-state index contributed by atoms with van der Waals surface area (Å²) >= 11 is 7.62. The van der Waals surface area contributed by atoms with Crippen LogP contribution in [-0.4, -0.2) is 30.5 Å². The van der Waals surface area contributed by atoms with Crippen molar-refractivity contribution in [2.45, 2.75) is 13.0 Å². The maximum absolute atomic E-state index is 12.6. The van der Waals surface area contributed by atoms with Crippen LogP contribution in [0.3, 0.4) is 0 Å². The molecule has 0 spiro atoms. The number of carbonyl (C=O) groups excluding carboxylic acids is 2. The molecular formula is C20H18ClN3O3S. The lowest BCUT2D eigenvalue weighted by atomic mass is 10.1. The van der Waals surface area contributed by atoms with Crippen molar-refractivity contribution in [3.63, 3.8) is 0 Å². The number of amides is 2. The van der Waals surface area contributed by atoms with E-state index in [1.165, 1.54) is 7.11 Å². The molecule has 1 N–H and O–H groups in total. The molecule has 8 heteroatoms. The average Bonchev–Trinajstić information content (AvgIpc) is 3.29. The number of hydrogen-bond acceptors (Lipinski definition) is 5. The third kappa shape index (κ3) is 3.68. The van der Waals surface area contributed by atoms with Crippen LogP contribution >= 0.6 is 22.9 Å². The Balaban J connectivity index is 1.43. The van der Waals surface area contributed by atoms with Gasteiger partial charge in [0.15, 0.2) is 0 Å². The molecule has 0 aliphatic carbocycles. The Labute approximate surface area is 171 Å². The van der Waals surface area contributed by atoms with Crippen molar-refractivity contribution in [3.05, 3.63) is 52.5 Å². The molecular weight excluding hydrogens is 398 g/mol. The van der Waals surface area contributed by atoms with Gasteiger partial charge in [-0.25, -0.2) is 4.98 Å². The van der Waals surface area contributed by atoms with E-state index in [1.807, 2.05) is 24.3 Å². The van der Waals surface area contributed by atoms with E-state index in [0.717, 1.165) is 15.2 Å². The van der Waals surface area contributed by atoms with E-state index in [9.17, 15) is 9.59 Å². The summed E-state index contributed by atoms with van der Waals surface area (Å²) in [7, 11) is 1.54. The molecule has 0 unspecified atom stereocenters. The SMILES string of the molecule is COc1ccc(Cl)cc1N1C[C@@H](C(=O)NCc2nc3ccccc3s2)CC1=O. The standard InChI is InChI=1S/C20H18ClN3O3S/c1-27-16-7-6-13(21)9-15(16)24-11-12(8-19(24)25)20(26)22-10-18-23-14-4-2-3-5-17(14)28-18/h2-7,9,12H,8,10-11H2,1H3,(H,22,26)/t12-/m0/s1. The summed E-state index contributed by atoms with van der Waals surface area (Å²) in [5.74, 6) is -0.157. The highest BCUT2D eigenvalue weighted by molar-refractivity contribution is 7.18. The van der Waals surface area contributed by atoms with Crippen molar-refractivity contribution in [1.82, 2.24) is 10.3 Å². The summed E-state index contributed by atoms with van der Waals surface area (Å²) in [6, 6.07) is 12.9. The summed E-state index contributed by atoms with van der Waals surface area (Å²) in [6.07, 6.45) is 0.154. The monoisotopic (exact) mass is 415 g/mol. The van der Waals surface area contributed by atoms with Crippen LogP contribution in [0.15, 0.2) is 42.5 Å². The highest BCUT2D eigenvalue weighted by atomic mass is 35.5. The summed E-state index contributed by atoms with van der Waals surface area (Å²) in [4.78, 5) is 31.2. The van der Waals surface area contributed by atoms with Gasteiger partial charge in [0.1, 0.15) is 10.8 Å². The highest BCUT2D eigenvalue weighted by Gasteiger charge is 2.36. The molecule has 2 aromatic carbocycles. The van der Waals surface area contributed by atoms with Gasteiger partial charge in [0.2, 0.25) is 11.8 Å². The summed E-state index contributed by atoms with van der Waals surface area (Å²) in [5, 5.41) is 4.25. The maximum Gasteiger partial charge on any atom is 0.227 e. The van der Waals surface area contributed by atoms with Crippen LogP contribution in [0, 0.1) is 5.92 Å². The van der Waals surface area contributed by atoms with Crippen LogP contribution < -0.4 is 15.0 Å². The Morgan fingerprint density at radius 2 is 2.18 bits per heavy atom. The lowest BCUT2D eigenvalue weighted by Gasteiger charge is -2.19. The fraction of sp³-hybridized carbons (Fsp3) is 0.250. The molecule has 0 saturated carbocycles. The van der Waals surface area contributed by atoms with Crippen LogP contribution in [0.1, 0.15) is 11.4 Å². The van der Waals surface area contributed by atoms with Crippen molar-refractivity contribution < 1.29 is 14.3 Å². The summed E-state index contributed by atoms with van der Waals surface area (Å²) in [6.45, 7) is 0.643. The number of carbonyl (C=O) groups is 2. The molecule has 2 heterocycles. The first-order valence-corrected chi connectivity index (χ1v) is 10.0. The third-order valence-electron chi connectivity index (χ3n) is 4.68. The minimum Gasteiger partial charge on any atom is -0.495 e. The smallest absolute Gasteiger partial charge is 0.227 e. The quantitative estimate of drug-likeness (QED) is 0.690. The number of methoxy groups -OCH3 is 1. The third-order valence-corrected chi connectivity index (χ3v) is 5.95. The molecule has 0 bridgehead atoms. The molecule has 4 rings (SSSR count). The lowest BCUT2D eigenvalue weighted by Crippen LogP contribution is -2.32. The van der Waals surface area contributed by atoms with E-state index >= 15 is 0 Å². The zero-order valence-electron chi connectivity index (χ0n) is 15.1. The van der Waals surface area contributed by atoms with Gasteiger partial charge in [0.25, 0.3) is 0 Å². The van der Waals surface area contributed by atoms with E-state index in [1.54, 1.807) is 34.4 Å². The van der Waals surface area contributed by atoms with E-state index in [0.29, 0.717) is 29.5 Å². The number of nitrogens with one attached hydrogen (secondary N) is 1. The van der Waals surface area contributed by atoms with Gasteiger partial charge in [-0.1, -0.05) is 23.7 Å². The fourth-order valence-corrected chi connectivity index (χ4v) is 4.37. The Morgan fingerprint density at radius 1 is 1.36 bits per heavy atom. The molecule has 6 nitrogen and oxygen atoms in total. The van der Waals surface area contributed by atoms with Gasteiger partial charge < -0.3 is 15.0 Å². The van der Waals surface area contributed by atoms with Crippen LogP contribution in [0.25, 0.3) is 10.2 Å². The number of halogens is 1. The molecule has 1 saturated heterocycles. The normalized spacial score (nSPS) is 16.6. The number of thiazole rings is 1. The molecule has 1 fully saturated rings. The van der Waals surface area contributed by atoms with Gasteiger partial charge in [0, 0.05) is 18.0 Å². The van der Waals surface area contributed by atoms with Crippen LogP contribution in [0.2, 0.25) is 5.02 Å². The largest absolute Gasteiger partial charge is 0.495 e. The first-order chi connectivity index (χ1) is 13.5. The van der Waals surface area contributed by atoms with Gasteiger partial charge in [-0.15, -0.1) is 11.3 Å². The predicted octanol–water partition coefficient (Wildman–Crippen LogP) is 3.63. The number of anilines is 1. The number of benzene rings is 2. The second kappa shape index (κ2) is 7.77. The predicted molar refractivity (Wildman–Crippen MR) is 110 cm³/mol. The maximum atomic E-state index is 12.6. The van der Waals surface area contributed by atoms with E-state index in [4.69, 9.17) is 16.3 Å². The summed E-state index contributed by atoms with van der Waals surface area (Å²) < 4.78 is 6.42. The number of para-hydroxylation sites is 1. The van der Waals surface area contributed by atoms with Crippen molar-refractivity contribution in [2.24, 2.45) is 5.92 Å². The van der Waals surface area contributed by atoms with Gasteiger partial charge in [-0.2, -0.15) is 0 Å². The summed E-state index contributed by atoms with van der Waals surface area (Å²) in [5.41, 5.74) is 1.51. The molecule has 1 aliphatic heterocycles. The molecule has 28 heavy (non-hydrogen) atoms. The van der Waals surface area contributed by atoms with Gasteiger partial charge in [-0.3, -0.25) is 9.59 Å². The molecule has 2 amide bonds. The van der Waals surface area contributed by atoms with Crippen LogP contribution in [0.4, 0.5) is 5.69 Å². The molecule has 1 aromatic heterocycles. The van der Waals surface area contributed by atoms with Crippen LogP contribution in [0.5, 0.6) is 5.75 Å². The van der Waals surface area contributed by atoms with Crippen molar-refractivity contribution in [2.75, 3.05) is 18.6 Å². The minimum absolute atomic E-state index is 0.124. The number of hydrogen-bond donors (Lipinski definition) is 1. The lowest BCUT2D eigenvalue weighted by molar-refractivity contribution is -0.126.